The highest BCUT2D eigenvalue weighted by atomic mass is 32.2. The number of pyridine rings is 1. The fraction of sp³-hybridized carbons (Fsp3) is 0.381. The molecule has 2 aromatic heterocycles. The van der Waals surface area contributed by atoms with Gasteiger partial charge in [0, 0.05) is 43.2 Å². The van der Waals surface area contributed by atoms with Crippen LogP contribution in [0.3, 0.4) is 0 Å². The summed E-state index contributed by atoms with van der Waals surface area (Å²) in [4.78, 5) is 16.9. The number of rotatable bonds is 8. The second-order valence-corrected chi connectivity index (χ2v) is 9.99. The number of nitrogens with zero attached hydrogens (tertiary/aromatic N) is 2. The maximum Gasteiger partial charge on any atom is 0.161 e. The lowest BCUT2D eigenvalue weighted by Crippen LogP contribution is -2.51. The molecule has 3 heterocycles. The van der Waals surface area contributed by atoms with E-state index in [2.05, 4.69) is 20.5 Å². The van der Waals surface area contributed by atoms with Crippen molar-refractivity contribution in [3.8, 4) is 0 Å². The van der Waals surface area contributed by atoms with E-state index in [1.54, 1.807) is 12.3 Å². The second kappa shape index (κ2) is 8.04. The first kappa shape index (κ1) is 19.7. The van der Waals surface area contributed by atoms with E-state index in [1.165, 1.54) is 0 Å². The van der Waals surface area contributed by atoms with Crippen LogP contribution in [0.2, 0.25) is 0 Å². The Hall–Kier alpha value is -2.58. The Bertz CT molecular complexity index is 1120. The Morgan fingerprint density at radius 2 is 2.00 bits per heavy atom. The molecular weight excluding hydrogens is 388 g/mol. The third kappa shape index (κ3) is 4.38. The molecule has 152 valence electrons. The number of Topliss-reactive ketones (excluding diaryl/α,β-unsaturated/α-hetero) is 1. The lowest BCUT2D eigenvalue weighted by molar-refractivity contribution is -0.118. The number of hydrogen-bond donors (Lipinski definition) is 2. The first-order chi connectivity index (χ1) is 13.9. The summed E-state index contributed by atoms with van der Waals surface area (Å²) in [5, 5.41) is 10.4. The number of nitrogens with one attached hydrogen (secondary N) is 2. The van der Waals surface area contributed by atoms with E-state index in [1.807, 2.05) is 37.3 Å². The summed E-state index contributed by atoms with van der Waals surface area (Å²) < 4.78 is 24.8. The van der Waals surface area contributed by atoms with Crippen molar-refractivity contribution in [2.75, 3.05) is 13.1 Å². The fourth-order valence-electron chi connectivity index (χ4n) is 3.56. The molecule has 1 fully saturated rings. The maximum atomic E-state index is 12.5. The van der Waals surface area contributed by atoms with Gasteiger partial charge in [0.05, 0.1) is 22.2 Å². The van der Waals surface area contributed by atoms with Crippen LogP contribution >= 0.6 is 0 Å². The molecule has 0 radical (unpaired) electrons. The highest BCUT2D eigenvalue weighted by molar-refractivity contribution is 7.91. The van der Waals surface area contributed by atoms with Gasteiger partial charge in [-0.25, -0.2) is 8.42 Å². The van der Waals surface area contributed by atoms with Crippen LogP contribution in [0.5, 0.6) is 0 Å². The number of H-pyrrole nitrogens is 1. The molecule has 29 heavy (non-hydrogen) atoms. The fourth-order valence-corrected chi connectivity index (χ4v) is 5.16. The molecule has 3 aromatic rings. The minimum atomic E-state index is -3.22. The predicted octanol–water partition coefficient (Wildman–Crippen LogP) is 2.15. The maximum absolute atomic E-state index is 12.5. The largest absolute Gasteiger partial charge is 0.314 e. The van der Waals surface area contributed by atoms with E-state index < -0.39 is 9.84 Å². The summed E-state index contributed by atoms with van der Waals surface area (Å²) in [6.45, 7) is 3.04. The number of aromatic nitrogens is 3. The van der Waals surface area contributed by atoms with E-state index >= 15 is 0 Å². The van der Waals surface area contributed by atoms with Crippen LogP contribution in [-0.2, 0) is 26.8 Å². The molecule has 0 unspecified atom stereocenters. The van der Waals surface area contributed by atoms with Gasteiger partial charge in [-0.2, -0.15) is 5.10 Å². The van der Waals surface area contributed by atoms with E-state index in [-0.39, 0.29) is 29.1 Å². The van der Waals surface area contributed by atoms with Crippen LogP contribution in [-0.4, -0.2) is 47.7 Å². The number of fused-ring (bicyclic) bond motifs is 1. The zero-order valence-corrected chi connectivity index (χ0v) is 17.1. The van der Waals surface area contributed by atoms with Gasteiger partial charge in [-0.3, -0.25) is 14.9 Å². The topological polar surface area (TPSA) is 105 Å². The van der Waals surface area contributed by atoms with Crippen molar-refractivity contribution in [3.05, 3.63) is 59.5 Å². The summed E-state index contributed by atoms with van der Waals surface area (Å²) in [5.74, 6) is 0.185. The monoisotopic (exact) mass is 412 g/mol. The Balaban J connectivity index is 1.43. The molecule has 7 nitrogen and oxygen atoms in total. The zero-order valence-electron chi connectivity index (χ0n) is 16.3. The van der Waals surface area contributed by atoms with E-state index in [0.717, 1.165) is 5.56 Å². The minimum absolute atomic E-state index is 0.0790. The van der Waals surface area contributed by atoms with Crippen LogP contribution in [0.25, 0.3) is 10.9 Å². The molecule has 1 aliphatic rings. The lowest BCUT2D eigenvalue weighted by atomic mass is 9.94. The molecule has 2 N–H and O–H groups in total. The van der Waals surface area contributed by atoms with Crippen molar-refractivity contribution in [3.63, 3.8) is 0 Å². The summed E-state index contributed by atoms with van der Waals surface area (Å²) >= 11 is 0. The van der Waals surface area contributed by atoms with Gasteiger partial charge >= 0.3 is 0 Å². The van der Waals surface area contributed by atoms with Crippen molar-refractivity contribution < 1.29 is 13.2 Å². The molecule has 0 spiro atoms. The normalized spacial score (nSPS) is 15.9. The zero-order chi connectivity index (χ0) is 20.4. The number of ketones is 1. The summed E-state index contributed by atoms with van der Waals surface area (Å²) in [6.07, 6.45) is 2.30. The van der Waals surface area contributed by atoms with Crippen LogP contribution in [0, 0.1) is 0 Å². The molecule has 1 aliphatic heterocycles. The van der Waals surface area contributed by atoms with Gasteiger partial charge in [0.2, 0.25) is 0 Å². The quantitative estimate of drug-likeness (QED) is 0.587. The Kier molecular flexibility index (Phi) is 5.47. The average Bonchev–Trinajstić information content (AvgIpc) is 3.01. The SMILES string of the molecule is C[C@@H](CC(=O)Cc1cc2n[nH]c(CS(=O)(=O)C3CNC3)c2cn1)c1ccccc1. The number of sulfone groups is 1. The number of carbonyl (C=O) groups is 1. The van der Waals surface area contributed by atoms with Crippen LogP contribution in [0.4, 0.5) is 0 Å². The van der Waals surface area contributed by atoms with E-state index in [0.29, 0.717) is 41.8 Å². The minimum Gasteiger partial charge on any atom is -0.314 e. The van der Waals surface area contributed by atoms with Crippen molar-refractivity contribution in [2.24, 2.45) is 0 Å². The summed E-state index contributed by atoms with van der Waals surface area (Å²) in [5.41, 5.74) is 2.97. The predicted molar refractivity (Wildman–Crippen MR) is 111 cm³/mol. The standard InChI is InChI=1S/C21H24N4O3S/c1-14(15-5-3-2-4-6-15)7-17(26)8-16-9-20-19(12-23-16)21(25-24-20)13-29(27,28)18-10-22-11-18/h2-6,9,12,14,18,22H,7-8,10-11,13H2,1H3,(H,24,25)/t14-/m0/s1. The molecule has 4 rings (SSSR count). The van der Waals surface area contributed by atoms with Gasteiger partial charge in [0.15, 0.2) is 9.84 Å². The first-order valence-electron chi connectivity index (χ1n) is 9.73. The third-order valence-electron chi connectivity index (χ3n) is 5.45. The van der Waals surface area contributed by atoms with Crippen molar-refractivity contribution in [1.29, 1.82) is 0 Å². The number of aromatic amines is 1. The molecule has 0 bridgehead atoms. The van der Waals surface area contributed by atoms with Gasteiger partial charge < -0.3 is 5.32 Å². The average molecular weight is 413 g/mol. The number of benzene rings is 1. The second-order valence-electron chi connectivity index (χ2n) is 7.71. The van der Waals surface area contributed by atoms with Gasteiger partial charge in [-0.05, 0) is 17.5 Å². The van der Waals surface area contributed by atoms with Gasteiger partial charge in [0.1, 0.15) is 5.78 Å². The van der Waals surface area contributed by atoms with E-state index in [4.69, 9.17) is 0 Å². The molecule has 1 atom stereocenters. The van der Waals surface area contributed by atoms with Gasteiger partial charge in [0.25, 0.3) is 0 Å². The molecule has 8 heteroatoms. The number of hydrogen-bond acceptors (Lipinski definition) is 6. The van der Waals surface area contributed by atoms with Crippen LogP contribution in [0.1, 0.15) is 36.2 Å². The smallest absolute Gasteiger partial charge is 0.161 e. The molecule has 0 aliphatic carbocycles. The molecule has 0 amide bonds. The number of carbonyl (C=O) groups excluding carboxylic acids is 1. The van der Waals surface area contributed by atoms with Crippen LogP contribution in [0.15, 0.2) is 42.6 Å². The molecule has 1 aromatic carbocycles. The summed E-state index contributed by atoms with van der Waals surface area (Å²) in [7, 11) is -3.22. The highest BCUT2D eigenvalue weighted by Gasteiger charge is 2.32. The molecule has 0 saturated carbocycles. The van der Waals surface area contributed by atoms with E-state index in [9.17, 15) is 13.2 Å². The van der Waals surface area contributed by atoms with Crippen molar-refractivity contribution in [2.45, 2.75) is 36.7 Å². The Morgan fingerprint density at radius 3 is 2.69 bits per heavy atom. The first-order valence-corrected chi connectivity index (χ1v) is 11.4. The molecule has 1 saturated heterocycles. The van der Waals surface area contributed by atoms with Gasteiger partial charge in [-0.15, -0.1) is 0 Å². The van der Waals surface area contributed by atoms with Crippen LogP contribution < -0.4 is 5.32 Å². The lowest BCUT2D eigenvalue weighted by Gasteiger charge is -2.26. The summed E-state index contributed by atoms with van der Waals surface area (Å²) in [6, 6.07) is 11.7. The highest BCUT2D eigenvalue weighted by Crippen LogP contribution is 2.22. The third-order valence-corrected chi connectivity index (χ3v) is 7.49. The molecular formula is C21H24N4O3S. The Morgan fingerprint density at radius 1 is 1.24 bits per heavy atom. The van der Waals surface area contributed by atoms with Crippen molar-refractivity contribution >= 4 is 26.5 Å². The van der Waals surface area contributed by atoms with Crippen molar-refractivity contribution in [1.82, 2.24) is 20.5 Å². The Labute approximate surface area is 169 Å². The van der Waals surface area contributed by atoms with Gasteiger partial charge in [-0.1, -0.05) is 37.3 Å².